The number of halogens is 2. The molecule has 2 aromatic rings. The van der Waals surface area contributed by atoms with Crippen molar-refractivity contribution in [1.82, 2.24) is 10.6 Å². The van der Waals surface area contributed by atoms with Crippen molar-refractivity contribution in [2.75, 3.05) is 6.54 Å². The van der Waals surface area contributed by atoms with Gasteiger partial charge in [0.05, 0.1) is 23.2 Å². The lowest BCUT2D eigenvalue weighted by Crippen LogP contribution is -2.38. The number of nitrogens with one attached hydrogen (secondary N) is 2. The van der Waals surface area contributed by atoms with Crippen LogP contribution in [0.1, 0.15) is 28.9 Å². The molecular formula is C17H16Cl2N2O2. The molecule has 4 nitrogen and oxygen atoms in total. The predicted molar refractivity (Wildman–Crippen MR) is 91.8 cm³/mol. The number of hydrogen-bond acceptors (Lipinski definition) is 2. The molecule has 0 aliphatic carbocycles. The van der Waals surface area contributed by atoms with Gasteiger partial charge in [0.1, 0.15) is 0 Å². The van der Waals surface area contributed by atoms with Crippen molar-refractivity contribution in [2.45, 2.75) is 13.0 Å². The maximum atomic E-state index is 12.0. The largest absolute Gasteiger partial charge is 0.348 e. The van der Waals surface area contributed by atoms with E-state index in [0.29, 0.717) is 5.02 Å². The number of hydrogen-bond donors (Lipinski definition) is 2. The molecule has 0 unspecified atom stereocenters. The minimum absolute atomic E-state index is 0.140. The molecule has 0 radical (unpaired) electrons. The topological polar surface area (TPSA) is 58.2 Å². The summed E-state index contributed by atoms with van der Waals surface area (Å²) in [6, 6.07) is 14.0. The number of benzene rings is 2. The van der Waals surface area contributed by atoms with Gasteiger partial charge in [0.2, 0.25) is 5.91 Å². The lowest BCUT2D eigenvalue weighted by atomic mass is 10.1. The fourth-order valence-electron chi connectivity index (χ4n) is 2.04. The van der Waals surface area contributed by atoms with Crippen LogP contribution < -0.4 is 10.6 Å². The molecule has 0 aliphatic heterocycles. The van der Waals surface area contributed by atoms with Crippen LogP contribution in [0.3, 0.4) is 0 Å². The first-order valence-electron chi connectivity index (χ1n) is 7.05. The van der Waals surface area contributed by atoms with Gasteiger partial charge in [-0.25, -0.2) is 0 Å². The lowest BCUT2D eigenvalue weighted by molar-refractivity contribution is -0.120. The first kappa shape index (κ1) is 17.3. The van der Waals surface area contributed by atoms with E-state index in [1.807, 2.05) is 37.3 Å². The van der Waals surface area contributed by atoms with Crippen LogP contribution in [0, 0.1) is 0 Å². The second-order valence-corrected chi connectivity index (χ2v) is 5.85. The van der Waals surface area contributed by atoms with Gasteiger partial charge in [-0.3, -0.25) is 9.59 Å². The molecule has 0 aliphatic rings. The van der Waals surface area contributed by atoms with E-state index in [9.17, 15) is 9.59 Å². The molecule has 2 rings (SSSR count). The van der Waals surface area contributed by atoms with Crippen LogP contribution in [0.15, 0.2) is 48.5 Å². The monoisotopic (exact) mass is 350 g/mol. The molecule has 2 N–H and O–H groups in total. The van der Waals surface area contributed by atoms with Crippen LogP contribution in [0.4, 0.5) is 0 Å². The molecule has 120 valence electrons. The Balaban J connectivity index is 1.89. The first-order valence-corrected chi connectivity index (χ1v) is 7.80. The Morgan fingerprint density at radius 2 is 1.78 bits per heavy atom. The third-order valence-corrected chi connectivity index (χ3v) is 3.82. The van der Waals surface area contributed by atoms with E-state index < -0.39 is 5.91 Å². The van der Waals surface area contributed by atoms with Gasteiger partial charge in [0.15, 0.2) is 0 Å². The first-order chi connectivity index (χ1) is 11.0. The smallest absolute Gasteiger partial charge is 0.253 e. The molecule has 0 heterocycles. The quantitative estimate of drug-likeness (QED) is 0.865. The Morgan fingerprint density at radius 3 is 2.48 bits per heavy atom. The molecule has 0 fully saturated rings. The molecule has 2 aromatic carbocycles. The number of rotatable bonds is 5. The fourth-order valence-corrected chi connectivity index (χ4v) is 2.42. The molecular weight excluding hydrogens is 335 g/mol. The average Bonchev–Trinajstić information content (AvgIpc) is 2.55. The van der Waals surface area contributed by atoms with Gasteiger partial charge in [-0.1, -0.05) is 53.5 Å². The van der Waals surface area contributed by atoms with Crippen LogP contribution in [-0.2, 0) is 4.79 Å². The molecule has 0 bridgehead atoms. The Morgan fingerprint density at radius 1 is 1.09 bits per heavy atom. The summed E-state index contributed by atoms with van der Waals surface area (Å²) in [4.78, 5) is 24.0. The lowest BCUT2D eigenvalue weighted by Gasteiger charge is -2.14. The third kappa shape index (κ3) is 4.98. The van der Waals surface area contributed by atoms with Gasteiger partial charge in [-0.05, 0) is 30.7 Å². The molecule has 2 amide bonds. The van der Waals surface area contributed by atoms with Gasteiger partial charge < -0.3 is 10.6 Å². The van der Waals surface area contributed by atoms with E-state index in [1.54, 1.807) is 6.07 Å². The molecule has 0 saturated heterocycles. The maximum absolute atomic E-state index is 12.0. The van der Waals surface area contributed by atoms with Gasteiger partial charge in [0.25, 0.3) is 5.91 Å². The molecule has 6 heteroatoms. The zero-order valence-electron chi connectivity index (χ0n) is 12.5. The fraction of sp³-hybridized carbons (Fsp3) is 0.176. The van der Waals surface area contributed by atoms with Crippen LogP contribution in [0.25, 0.3) is 0 Å². The summed E-state index contributed by atoms with van der Waals surface area (Å²) in [5.41, 5.74) is 1.23. The zero-order valence-corrected chi connectivity index (χ0v) is 14.0. The molecule has 0 aromatic heterocycles. The Labute approximate surface area is 144 Å². The van der Waals surface area contributed by atoms with E-state index >= 15 is 0 Å². The van der Waals surface area contributed by atoms with E-state index in [1.165, 1.54) is 12.1 Å². The number of carbonyl (C=O) groups excluding carboxylic acids is 2. The molecule has 0 spiro atoms. The highest BCUT2D eigenvalue weighted by Crippen LogP contribution is 2.20. The highest BCUT2D eigenvalue weighted by molar-refractivity contribution is 6.35. The SMILES string of the molecule is C[C@H](NC(=O)CNC(=O)c1cc(Cl)ccc1Cl)c1ccccc1. The van der Waals surface area contributed by atoms with Crippen LogP contribution in [-0.4, -0.2) is 18.4 Å². The average molecular weight is 351 g/mol. The zero-order chi connectivity index (χ0) is 16.8. The Hall–Kier alpha value is -2.04. The van der Waals surface area contributed by atoms with Crippen LogP contribution >= 0.6 is 23.2 Å². The van der Waals surface area contributed by atoms with Crippen molar-refractivity contribution < 1.29 is 9.59 Å². The second-order valence-electron chi connectivity index (χ2n) is 5.01. The molecule has 0 saturated carbocycles. The van der Waals surface area contributed by atoms with Crippen molar-refractivity contribution in [3.8, 4) is 0 Å². The summed E-state index contributed by atoms with van der Waals surface area (Å²) in [5.74, 6) is -0.729. The van der Waals surface area contributed by atoms with Crippen molar-refractivity contribution >= 4 is 35.0 Å². The highest BCUT2D eigenvalue weighted by Gasteiger charge is 2.14. The third-order valence-electron chi connectivity index (χ3n) is 3.26. The van der Waals surface area contributed by atoms with E-state index in [2.05, 4.69) is 10.6 Å². The van der Waals surface area contributed by atoms with E-state index in [4.69, 9.17) is 23.2 Å². The minimum Gasteiger partial charge on any atom is -0.348 e. The standard InChI is InChI=1S/C17H16Cl2N2O2/c1-11(12-5-3-2-4-6-12)21-16(22)10-20-17(23)14-9-13(18)7-8-15(14)19/h2-9,11H,10H2,1H3,(H,20,23)(H,21,22)/t11-/m0/s1. The normalized spacial score (nSPS) is 11.6. The summed E-state index contributed by atoms with van der Waals surface area (Å²) in [6.07, 6.45) is 0. The summed E-state index contributed by atoms with van der Waals surface area (Å²) in [5, 5.41) is 6.03. The number of carbonyl (C=O) groups is 2. The minimum atomic E-state index is -0.444. The van der Waals surface area contributed by atoms with Gasteiger partial charge >= 0.3 is 0 Å². The Kier molecular flexibility index (Phi) is 6.02. The summed E-state index contributed by atoms with van der Waals surface area (Å²) >= 11 is 11.8. The van der Waals surface area contributed by atoms with Crippen molar-refractivity contribution in [3.63, 3.8) is 0 Å². The van der Waals surface area contributed by atoms with Gasteiger partial charge in [-0.2, -0.15) is 0 Å². The second kappa shape index (κ2) is 7.99. The van der Waals surface area contributed by atoms with E-state index in [-0.39, 0.29) is 29.1 Å². The summed E-state index contributed by atoms with van der Waals surface area (Å²) < 4.78 is 0. The van der Waals surface area contributed by atoms with Crippen molar-refractivity contribution in [1.29, 1.82) is 0 Å². The maximum Gasteiger partial charge on any atom is 0.253 e. The van der Waals surface area contributed by atoms with Crippen molar-refractivity contribution in [3.05, 3.63) is 69.7 Å². The van der Waals surface area contributed by atoms with Crippen LogP contribution in [0.5, 0.6) is 0 Å². The molecule has 23 heavy (non-hydrogen) atoms. The van der Waals surface area contributed by atoms with E-state index in [0.717, 1.165) is 5.56 Å². The number of amides is 2. The summed E-state index contributed by atoms with van der Waals surface area (Å²) in [7, 11) is 0. The highest BCUT2D eigenvalue weighted by atomic mass is 35.5. The van der Waals surface area contributed by atoms with Crippen molar-refractivity contribution in [2.24, 2.45) is 0 Å². The summed E-state index contributed by atoms with van der Waals surface area (Å²) in [6.45, 7) is 1.74. The van der Waals surface area contributed by atoms with Gasteiger partial charge in [0, 0.05) is 5.02 Å². The molecule has 1 atom stereocenters. The Bertz CT molecular complexity index is 705. The predicted octanol–water partition coefficient (Wildman–Crippen LogP) is 3.60. The van der Waals surface area contributed by atoms with Gasteiger partial charge in [-0.15, -0.1) is 0 Å². The van der Waals surface area contributed by atoms with Crippen LogP contribution in [0.2, 0.25) is 10.0 Å².